The van der Waals surface area contributed by atoms with Gasteiger partial charge in [-0.15, -0.1) is 0 Å². The van der Waals surface area contributed by atoms with Crippen molar-refractivity contribution in [1.29, 1.82) is 0 Å². The summed E-state index contributed by atoms with van der Waals surface area (Å²) < 4.78 is 0. The second-order valence-corrected chi connectivity index (χ2v) is 6.48. The van der Waals surface area contributed by atoms with Gasteiger partial charge in [0.25, 0.3) is 0 Å². The van der Waals surface area contributed by atoms with E-state index in [1.54, 1.807) is 0 Å². The van der Waals surface area contributed by atoms with Gasteiger partial charge in [-0.2, -0.15) is 0 Å². The Morgan fingerprint density at radius 3 is 2.57 bits per heavy atom. The van der Waals surface area contributed by atoms with E-state index >= 15 is 0 Å². The van der Waals surface area contributed by atoms with E-state index in [4.69, 9.17) is 11.6 Å². The van der Waals surface area contributed by atoms with Crippen molar-refractivity contribution in [1.82, 2.24) is 10.3 Å². The Balaban J connectivity index is 1.70. The zero-order valence-corrected chi connectivity index (χ0v) is 13.6. The second-order valence-electron chi connectivity index (χ2n) is 6.05. The van der Waals surface area contributed by atoms with Crippen LogP contribution in [-0.2, 0) is 12.8 Å². The summed E-state index contributed by atoms with van der Waals surface area (Å²) >= 11 is 6.00. The van der Waals surface area contributed by atoms with Gasteiger partial charge >= 0.3 is 0 Å². The van der Waals surface area contributed by atoms with Gasteiger partial charge in [0.05, 0.1) is 0 Å². The van der Waals surface area contributed by atoms with E-state index in [-0.39, 0.29) is 0 Å². The summed E-state index contributed by atoms with van der Waals surface area (Å²) in [6, 6.07) is 19.1. The maximum atomic E-state index is 6.00. The van der Waals surface area contributed by atoms with Crippen molar-refractivity contribution in [3.05, 3.63) is 82.6 Å². The van der Waals surface area contributed by atoms with Crippen LogP contribution in [0.15, 0.2) is 60.8 Å². The first-order valence-corrected chi connectivity index (χ1v) is 8.42. The molecular weight excluding hydrogens is 304 g/mol. The standard InChI is InChI=1S/C20H19ClN2/c21-16-8-6-14(7-9-16)12-19-20-17(15-4-2-1-3-5-15)13-23-18(20)10-11-22-19/h1-9,13,19,22-23H,10-12H2. The molecular formula is C20H19ClN2. The molecule has 4 rings (SSSR count). The molecule has 1 atom stereocenters. The predicted octanol–water partition coefficient (Wildman–Crippen LogP) is 4.76. The zero-order chi connectivity index (χ0) is 15.6. The van der Waals surface area contributed by atoms with Crippen LogP contribution < -0.4 is 5.32 Å². The minimum atomic E-state index is 0.335. The molecule has 0 saturated carbocycles. The Morgan fingerprint density at radius 2 is 1.78 bits per heavy atom. The molecule has 0 fully saturated rings. The molecule has 0 aliphatic carbocycles. The first-order chi connectivity index (χ1) is 11.3. The highest BCUT2D eigenvalue weighted by atomic mass is 35.5. The number of aromatic amines is 1. The number of hydrogen-bond donors (Lipinski definition) is 2. The Morgan fingerprint density at radius 1 is 1.00 bits per heavy atom. The third kappa shape index (κ3) is 2.92. The van der Waals surface area contributed by atoms with Crippen molar-refractivity contribution in [3.8, 4) is 11.1 Å². The Hall–Kier alpha value is -2.03. The van der Waals surface area contributed by atoms with E-state index in [0.29, 0.717) is 6.04 Å². The number of halogens is 1. The van der Waals surface area contributed by atoms with Crippen LogP contribution in [0.3, 0.4) is 0 Å². The first kappa shape index (κ1) is 14.6. The average molecular weight is 323 g/mol. The molecule has 116 valence electrons. The fourth-order valence-electron chi connectivity index (χ4n) is 3.44. The number of H-pyrrole nitrogens is 1. The third-order valence-corrected chi connectivity index (χ3v) is 4.81. The lowest BCUT2D eigenvalue weighted by Gasteiger charge is -2.26. The molecule has 1 unspecified atom stereocenters. The lowest BCUT2D eigenvalue weighted by molar-refractivity contribution is 0.501. The maximum absolute atomic E-state index is 6.00. The Bertz CT molecular complexity index is 790. The molecule has 0 bridgehead atoms. The molecule has 23 heavy (non-hydrogen) atoms. The molecule has 0 amide bonds. The maximum Gasteiger partial charge on any atom is 0.0406 e. The summed E-state index contributed by atoms with van der Waals surface area (Å²) in [5.74, 6) is 0. The largest absolute Gasteiger partial charge is 0.364 e. The van der Waals surface area contributed by atoms with Crippen LogP contribution in [0.4, 0.5) is 0 Å². The number of hydrogen-bond acceptors (Lipinski definition) is 1. The lowest BCUT2D eigenvalue weighted by Crippen LogP contribution is -2.31. The summed E-state index contributed by atoms with van der Waals surface area (Å²) in [6.45, 7) is 1.01. The van der Waals surface area contributed by atoms with E-state index < -0.39 is 0 Å². The van der Waals surface area contributed by atoms with Gasteiger partial charge in [-0.1, -0.05) is 54.1 Å². The average Bonchev–Trinajstić information content (AvgIpc) is 3.03. The topological polar surface area (TPSA) is 27.8 Å². The number of nitrogens with one attached hydrogen (secondary N) is 2. The van der Waals surface area contributed by atoms with Gasteiger partial charge in [-0.05, 0) is 35.2 Å². The van der Waals surface area contributed by atoms with Crippen LogP contribution in [0.25, 0.3) is 11.1 Å². The van der Waals surface area contributed by atoms with E-state index in [1.807, 2.05) is 12.1 Å². The summed E-state index contributed by atoms with van der Waals surface area (Å²) in [4.78, 5) is 3.49. The summed E-state index contributed by atoms with van der Waals surface area (Å²) in [5, 5.41) is 4.47. The molecule has 2 nitrogen and oxygen atoms in total. The van der Waals surface area contributed by atoms with Crippen LogP contribution in [0, 0.1) is 0 Å². The molecule has 1 aliphatic rings. The number of aromatic nitrogens is 1. The molecule has 3 aromatic rings. The van der Waals surface area contributed by atoms with Crippen LogP contribution in [-0.4, -0.2) is 11.5 Å². The van der Waals surface area contributed by atoms with Crippen molar-refractivity contribution in [3.63, 3.8) is 0 Å². The highest BCUT2D eigenvalue weighted by Crippen LogP contribution is 2.35. The van der Waals surface area contributed by atoms with Crippen LogP contribution >= 0.6 is 11.6 Å². The van der Waals surface area contributed by atoms with Crippen LogP contribution in [0.5, 0.6) is 0 Å². The van der Waals surface area contributed by atoms with Gasteiger partial charge in [0.15, 0.2) is 0 Å². The monoisotopic (exact) mass is 322 g/mol. The molecule has 2 aromatic carbocycles. The number of benzene rings is 2. The van der Waals surface area contributed by atoms with Gasteiger partial charge in [-0.25, -0.2) is 0 Å². The van der Waals surface area contributed by atoms with E-state index in [2.05, 4.69) is 59.0 Å². The van der Waals surface area contributed by atoms with Crippen molar-refractivity contribution >= 4 is 11.6 Å². The Kier molecular flexibility index (Phi) is 3.94. The van der Waals surface area contributed by atoms with Gasteiger partial charge in [0, 0.05) is 41.5 Å². The van der Waals surface area contributed by atoms with E-state index in [0.717, 1.165) is 24.4 Å². The van der Waals surface area contributed by atoms with Crippen molar-refractivity contribution in [2.75, 3.05) is 6.54 Å². The minimum Gasteiger partial charge on any atom is -0.364 e. The summed E-state index contributed by atoms with van der Waals surface area (Å²) in [7, 11) is 0. The molecule has 2 heterocycles. The first-order valence-electron chi connectivity index (χ1n) is 8.04. The van der Waals surface area contributed by atoms with Crippen molar-refractivity contribution < 1.29 is 0 Å². The molecule has 1 aromatic heterocycles. The fourth-order valence-corrected chi connectivity index (χ4v) is 3.57. The normalized spacial score (nSPS) is 17.0. The molecule has 1 aliphatic heterocycles. The minimum absolute atomic E-state index is 0.335. The van der Waals surface area contributed by atoms with Gasteiger partial charge in [-0.3, -0.25) is 0 Å². The molecule has 0 saturated heterocycles. The predicted molar refractivity (Wildman–Crippen MR) is 95.8 cm³/mol. The van der Waals surface area contributed by atoms with Gasteiger partial charge < -0.3 is 10.3 Å². The lowest BCUT2D eigenvalue weighted by atomic mass is 9.90. The quantitative estimate of drug-likeness (QED) is 0.714. The van der Waals surface area contributed by atoms with Gasteiger partial charge in [0.1, 0.15) is 0 Å². The SMILES string of the molecule is Clc1ccc(CC2NCCc3[nH]cc(-c4ccccc4)c32)cc1. The highest BCUT2D eigenvalue weighted by molar-refractivity contribution is 6.30. The molecule has 3 heteroatoms. The van der Waals surface area contributed by atoms with Crippen LogP contribution in [0.2, 0.25) is 5.02 Å². The van der Waals surface area contributed by atoms with Crippen molar-refractivity contribution in [2.45, 2.75) is 18.9 Å². The zero-order valence-electron chi connectivity index (χ0n) is 12.9. The van der Waals surface area contributed by atoms with Crippen molar-refractivity contribution in [2.24, 2.45) is 0 Å². The van der Waals surface area contributed by atoms with E-state index in [1.165, 1.54) is 27.9 Å². The number of fused-ring (bicyclic) bond motifs is 1. The number of rotatable bonds is 3. The second kappa shape index (κ2) is 6.23. The molecule has 2 N–H and O–H groups in total. The fraction of sp³-hybridized carbons (Fsp3) is 0.200. The Labute approximate surface area is 141 Å². The van der Waals surface area contributed by atoms with Crippen LogP contribution in [0.1, 0.15) is 22.9 Å². The molecule has 0 spiro atoms. The molecule has 0 radical (unpaired) electrons. The summed E-state index contributed by atoms with van der Waals surface area (Å²) in [5.41, 5.74) is 6.67. The smallest absolute Gasteiger partial charge is 0.0406 e. The van der Waals surface area contributed by atoms with E-state index in [9.17, 15) is 0 Å². The van der Waals surface area contributed by atoms with Gasteiger partial charge in [0.2, 0.25) is 0 Å². The summed E-state index contributed by atoms with van der Waals surface area (Å²) in [6.07, 6.45) is 4.18. The third-order valence-electron chi connectivity index (χ3n) is 4.56. The highest BCUT2D eigenvalue weighted by Gasteiger charge is 2.25.